The summed E-state index contributed by atoms with van der Waals surface area (Å²) in [5.41, 5.74) is 17.3. The van der Waals surface area contributed by atoms with E-state index in [2.05, 4.69) is 130 Å². The number of hydrogen-bond donors (Lipinski definition) is 0. The summed E-state index contributed by atoms with van der Waals surface area (Å²) in [7, 11) is 0. The molecule has 3 aliphatic heterocycles. The maximum absolute atomic E-state index is 10.9. The third kappa shape index (κ3) is 13.9. The Morgan fingerprint density at radius 1 is 0.507 bits per heavy atom. The van der Waals surface area contributed by atoms with Crippen LogP contribution in [-0.2, 0) is 43.8 Å². The van der Waals surface area contributed by atoms with Gasteiger partial charge in [0.25, 0.3) is 0 Å². The maximum atomic E-state index is 10.9. The number of imide groups is 1. The first-order valence-corrected chi connectivity index (χ1v) is 19.9. The normalized spacial score (nSPS) is 10.3. The van der Waals surface area contributed by atoms with Gasteiger partial charge in [0.1, 0.15) is 0 Å². The number of aliphatic carboxylic acids is 1. The van der Waals surface area contributed by atoms with E-state index < -0.39 is 17.8 Å². The third-order valence-electron chi connectivity index (χ3n) is 11.4. The maximum Gasteiger partial charge on any atom is 2.00 e. The molecule has 71 heavy (non-hydrogen) atoms. The molecule has 13 nitrogen and oxygen atoms in total. The molecule has 0 spiro atoms. The molecule has 8 bridgehead atoms. The number of carboxylic acids is 1. The van der Waals surface area contributed by atoms with Crippen molar-refractivity contribution in [2.24, 2.45) is 0 Å². The topological polar surface area (TPSA) is 253 Å². The number of nitrogens with zero attached hydrogens (tertiary/aromatic N) is 7. The van der Waals surface area contributed by atoms with Crippen LogP contribution in [0.3, 0.4) is 0 Å². The SMILES string of the molecule is C.CCC(=O)[O-].Cc1c2nc(c(C)c3[n-]c(c(C)c4nc(c(C)c5[n-]c1c1ccccc51)-c1ccccc1-4)c1ccccc31)-c1ccccc1-2.N#N.O.O.O=C1[N-]C(=O)c2ccccc21.[Ac].[Ac].[K+].[Na+].[Zn+2].[Zn]. The van der Waals surface area contributed by atoms with Gasteiger partial charge in [0.05, 0.1) is 34.6 Å². The Hall–Kier alpha value is -1.54. The van der Waals surface area contributed by atoms with Gasteiger partial charge in [-0.1, -0.05) is 136 Å². The molecular weight excluding hydrogens is 1470 g/mol. The molecule has 19 heteroatoms. The minimum Gasteiger partial charge on any atom is -0.656 e. The number of rotatable bonds is 1. The van der Waals surface area contributed by atoms with Crippen LogP contribution < -0.4 is 96.0 Å². The van der Waals surface area contributed by atoms with E-state index in [1.54, 1.807) is 24.3 Å². The molecule has 336 valence electrons. The predicted octanol–water partition coefficient (Wildman–Crippen LogP) is 3.30. The Kier molecular flexibility index (Phi) is 31.7. The Labute approximate surface area is 574 Å². The number of aromatic nitrogens is 4. The fourth-order valence-electron chi connectivity index (χ4n) is 8.32. The van der Waals surface area contributed by atoms with Crippen LogP contribution in [0, 0.1) is 127 Å². The first kappa shape index (κ1) is 71.5. The zero-order valence-corrected chi connectivity index (χ0v) is 60.6. The molecule has 0 aliphatic carbocycles. The molecule has 6 heterocycles. The average molecular weight is 1510 g/mol. The fraction of sp³-hybridized carbons (Fsp3) is 0.135. The molecule has 3 aromatic heterocycles. The molecule has 5 aromatic carbocycles. The number of aryl methyl sites for hydroxylation is 4. The van der Waals surface area contributed by atoms with E-state index in [0.29, 0.717) is 11.1 Å². The molecule has 0 fully saturated rings. The molecule has 0 atom stereocenters. The second-order valence-corrected chi connectivity index (χ2v) is 14.9. The average Bonchev–Trinajstić information content (AvgIpc) is 4.14. The minimum absolute atomic E-state index is 0. The zero-order chi connectivity index (χ0) is 43.8. The van der Waals surface area contributed by atoms with Crippen LogP contribution in [0.5, 0.6) is 0 Å². The Morgan fingerprint density at radius 3 is 0.915 bits per heavy atom. The minimum atomic E-state index is -0.995. The van der Waals surface area contributed by atoms with Crippen LogP contribution in [0.4, 0.5) is 0 Å². The van der Waals surface area contributed by atoms with Gasteiger partial charge in [-0.15, -0.1) is 22.1 Å². The second kappa shape index (κ2) is 31.5. The molecule has 0 saturated carbocycles. The van der Waals surface area contributed by atoms with Gasteiger partial charge in [-0.3, -0.25) is 0 Å². The first-order chi connectivity index (χ1) is 30.1. The van der Waals surface area contributed by atoms with Crippen LogP contribution in [0.1, 0.15) is 63.7 Å². The molecule has 2 amide bonds. The molecule has 8 aromatic rings. The van der Waals surface area contributed by atoms with Crippen LogP contribution in [0.25, 0.3) is 94.0 Å². The summed E-state index contributed by atoms with van der Waals surface area (Å²) in [5.74, 6) is -1.85. The van der Waals surface area contributed by atoms with E-state index in [0.717, 1.165) is 111 Å². The molecule has 0 saturated heterocycles. The monoisotopic (exact) mass is 1510 g/mol. The molecule has 4 N–H and O–H groups in total. The van der Waals surface area contributed by atoms with Crippen molar-refractivity contribution in [3.63, 3.8) is 0 Å². The van der Waals surface area contributed by atoms with Crippen molar-refractivity contribution < 1.29 is 238 Å². The van der Waals surface area contributed by atoms with E-state index in [4.69, 9.17) is 30.7 Å². The molecule has 2 radical (unpaired) electrons. The quantitative estimate of drug-likeness (QED) is 0.132. The Balaban J connectivity index is 0. The Bertz CT molecular complexity index is 3030. The number of carbonyl (C=O) groups is 3. The summed E-state index contributed by atoms with van der Waals surface area (Å²) in [4.78, 5) is 52.5. The van der Waals surface area contributed by atoms with E-state index in [1.807, 2.05) is 0 Å². The second-order valence-electron chi connectivity index (χ2n) is 14.9. The van der Waals surface area contributed by atoms with Crippen molar-refractivity contribution in [2.75, 3.05) is 0 Å². The summed E-state index contributed by atoms with van der Waals surface area (Å²) < 4.78 is 0. The molecule has 0 unspecified atom stereocenters. The van der Waals surface area contributed by atoms with Crippen molar-refractivity contribution in [1.29, 1.82) is 10.8 Å². The van der Waals surface area contributed by atoms with Crippen LogP contribution in [0.2, 0.25) is 0 Å². The van der Waals surface area contributed by atoms with Crippen LogP contribution >= 0.6 is 0 Å². The summed E-state index contributed by atoms with van der Waals surface area (Å²) >= 11 is 0. The first-order valence-electron chi connectivity index (χ1n) is 19.9. The van der Waals surface area contributed by atoms with Gasteiger partial charge >= 0.3 is 100 Å². The predicted molar refractivity (Wildman–Crippen MR) is 253 cm³/mol. The van der Waals surface area contributed by atoms with Crippen molar-refractivity contribution in [1.82, 2.24) is 19.9 Å². The number of amides is 2. The molecular formula is C52H45Ac2KN7NaO6Zn2. The smallest absolute Gasteiger partial charge is 0.656 e. The van der Waals surface area contributed by atoms with Crippen LogP contribution in [-0.4, -0.2) is 38.7 Å². The number of fused-ring (bicyclic) bond motifs is 21. The summed E-state index contributed by atoms with van der Waals surface area (Å²) in [5, 5.41) is 29.1. The Morgan fingerprint density at radius 2 is 0.704 bits per heavy atom. The summed E-state index contributed by atoms with van der Waals surface area (Å²) in [6.07, 6.45) is 0.111. The zero-order valence-electron chi connectivity index (χ0n) is 40.1. The third-order valence-corrected chi connectivity index (χ3v) is 11.4. The van der Waals surface area contributed by atoms with E-state index in [1.165, 1.54) is 6.92 Å². The van der Waals surface area contributed by atoms with E-state index >= 15 is 0 Å². The standard InChI is InChI=1S/C40H28N4.C8H5NO2.C3H6O2.CH4.2Ac.K.N2.Na.2H2O.2Zn/c1-21-33-25-13-5-7-15-27(25)35(41-33)22(2)37-29-17-9-11-19-31(29)39(43-37)24(4)40-32-20-12-10-18-30(32)38(44-40)23(3)36-28-16-8-6-14-26(28)34(21)42-36;10-7-5-3-1-2-4-6(5)8(11)9-7;1-2-3(4)5;;;;;1-2;;;;;/h5-20H,1-4H3;1-4H,(H,9,10,11);2H2,1H3,(H,4,5);1H4;;;;;;2*1H2;;/q-2;;;;;;+1;;+1;;;;+2/p-2. The largest absolute Gasteiger partial charge is 2.00 e. The van der Waals surface area contributed by atoms with Gasteiger partial charge in [-0.25, -0.2) is 9.97 Å². The number of carbonyl (C=O) groups excluding carboxylic acids is 3. The number of carboxylic acid groups (broad SMARTS) is 1. The summed E-state index contributed by atoms with van der Waals surface area (Å²) in [6, 6.07) is 40.8. The van der Waals surface area contributed by atoms with Gasteiger partial charge in [-0.2, -0.15) is 0 Å². The molecule has 3 aliphatic rings. The van der Waals surface area contributed by atoms with Crippen molar-refractivity contribution in [3.05, 3.63) is 160 Å². The van der Waals surface area contributed by atoms with Crippen molar-refractivity contribution in [3.8, 4) is 45.0 Å². The van der Waals surface area contributed by atoms with Gasteiger partial charge in [0.2, 0.25) is 0 Å². The number of benzene rings is 5. The van der Waals surface area contributed by atoms with Crippen LogP contribution in [0.15, 0.2) is 121 Å². The van der Waals surface area contributed by atoms with E-state index in [9.17, 15) is 19.5 Å². The molecule has 11 rings (SSSR count). The van der Waals surface area contributed by atoms with E-state index in [-0.39, 0.29) is 233 Å². The van der Waals surface area contributed by atoms with Gasteiger partial charge in [-0.05, 0) is 77.9 Å². The van der Waals surface area contributed by atoms with Crippen molar-refractivity contribution >= 4 is 61.4 Å². The van der Waals surface area contributed by atoms with Gasteiger partial charge < -0.3 is 45.7 Å². The summed E-state index contributed by atoms with van der Waals surface area (Å²) in [6.45, 7) is 10.2. The fourth-order valence-corrected chi connectivity index (χ4v) is 8.32. The number of hydrogen-bond acceptors (Lipinski definition) is 8. The van der Waals surface area contributed by atoms with Gasteiger partial charge in [0.15, 0.2) is 0 Å². The van der Waals surface area contributed by atoms with Gasteiger partial charge in [0, 0.05) is 158 Å². The van der Waals surface area contributed by atoms with Crippen molar-refractivity contribution in [2.45, 2.75) is 48.5 Å².